The van der Waals surface area contributed by atoms with Gasteiger partial charge in [0, 0.05) is 11.6 Å². The number of fused-ring (bicyclic) bond motifs is 1. The van der Waals surface area contributed by atoms with Crippen LogP contribution < -0.4 is 5.32 Å². The van der Waals surface area contributed by atoms with Crippen molar-refractivity contribution in [2.24, 2.45) is 0 Å². The summed E-state index contributed by atoms with van der Waals surface area (Å²) in [5, 5.41) is 12.1. The van der Waals surface area contributed by atoms with Gasteiger partial charge < -0.3 is 15.3 Å². The van der Waals surface area contributed by atoms with E-state index in [1.54, 1.807) is 37.3 Å². The second kappa shape index (κ2) is 6.57. The summed E-state index contributed by atoms with van der Waals surface area (Å²) in [6.45, 7) is 1.84. The molecule has 1 aliphatic heterocycles. The van der Waals surface area contributed by atoms with Gasteiger partial charge in [-0.3, -0.25) is 9.59 Å². The van der Waals surface area contributed by atoms with Crippen molar-refractivity contribution in [3.8, 4) is 0 Å². The molecule has 0 unspecified atom stereocenters. The molecule has 2 amide bonds. The Bertz CT molecular complexity index is 864. The normalized spacial score (nSPS) is 16.9. The van der Waals surface area contributed by atoms with Gasteiger partial charge >= 0.3 is 5.97 Å². The second-order valence-corrected chi connectivity index (χ2v) is 6.23. The fourth-order valence-electron chi connectivity index (χ4n) is 2.67. The molecule has 2 N–H and O–H groups in total. The standard InChI is InChI=1S/C18H15ClN2O4/c1-10-16(22)20-15-8-13(19)6-7-14(15)17(23)21(10)9-11-2-4-12(5-3-11)18(24)25/h2-8,10H,9H2,1H3,(H,20,22)(H,24,25)/t10-/m1/s1. The van der Waals surface area contributed by atoms with Gasteiger partial charge in [0.25, 0.3) is 5.91 Å². The smallest absolute Gasteiger partial charge is 0.335 e. The first-order valence-corrected chi connectivity index (χ1v) is 7.98. The number of benzene rings is 2. The molecule has 0 saturated heterocycles. The zero-order chi connectivity index (χ0) is 18.1. The number of anilines is 1. The topological polar surface area (TPSA) is 86.7 Å². The highest BCUT2D eigenvalue weighted by Gasteiger charge is 2.32. The van der Waals surface area contributed by atoms with Crippen LogP contribution in [0.3, 0.4) is 0 Å². The zero-order valence-corrected chi connectivity index (χ0v) is 14.1. The first-order chi connectivity index (χ1) is 11.9. The number of hydrogen-bond acceptors (Lipinski definition) is 3. The maximum absolute atomic E-state index is 12.9. The number of rotatable bonds is 3. The highest BCUT2D eigenvalue weighted by Crippen LogP contribution is 2.27. The van der Waals surface area contributed by atoms with Gasteiger partial charge in [-0.05, 0) is 42.8 Å². The molecule has 128 valence electrons. The van der Waals surface area contributed by atoms with Crippen molar-refractivity contribution in [3.05, 3.63) is 64.2 Å². The number of hydrogen-bond donors (Lipinski definition) is 2. The molecule has 0 aromatic heterocycles. The highest BCUT2D eigenvalue weighted by molar-refractivity contribution is 6.31. The van der Waals surface area contributed by atoms with Crippen molar-refractivity contribution >= 4 is 35.1 Å². The van der Waals surface area contributed by atoms with Gasteiger partial charge in [0.1, 0.15) is 6.04 Å². The Morgan fingerprint density at radius 2 is 1.88 bits per heavy atom. The van der Waals surface area contributed by atoms with E-state index in [9.17, 15) is 14.4 Å². The molecular formula is C18H15ClN2O4. The molecule has 0 aliphatic carbocycles. The lowest BCUT2D eigenvalue weighted by molar-refractivity contribution is -0.120. The van der Waals surface area contributed by atoms with Crippen LogP contribution in [0.1, 0.15) is 33.2 Å². The van der Waals surface area contributed by atoms with E-state index in [2.05, 4.69) is 5.32 Å². The van der Waals surface area contributed by atoms with Crippen molar-refractivity contribution in [1.29, 1.82) is 0 Å². The van der Waals surface area contributed by atoms with E-state index in [-0.39, 0.29) is 23.9 Å². The maximum Gasteiger partial charge on any atom is 0.335 e. The summed E-state index contributed by atoms with van der Waals surface area (Å²) in [6, 6.07) is 10.3. The van der Waals surface area contributed by atoms with Crippen LogP contribution in [0, 0.1) is 0 Å². The van der Waals surface area contributed by atoms with Gasteiger partial charge in [0.2, 0.25) is 5.91 Å². The number of halogens is 1. The number of carbonyl (C=O) groups is 3. The second-order valence-electron chi connectivity index (χ2n) is 5.79. The van der Waals surface area contributed by atoms with Crippen molar-refractivity contribution in [3.63, 3.8) is 0 Å². The molecule has 0 saturated carbocycles. The van der Waals surface area contributed by atoms with E-state index in [1.165, 1.54) is 17.0 Å². The number of carboxylic acids is 1. The lowest BCUT2D eigenvalue weighted by Gasteiger charge is -2.26. The predicted molar refractivity (Wildman–Crippen MR) is 92.8 cm³/mol. The van der Waals surface area contributed by atoms with E-state index in [0.29, 0.717) is 16.3 Å². The Morgan fingerprint density at radius 1 is 1.20 bits per heavy atom. The Morgan fingerprint density at radius 3 is 2.52 bits per heavy atom. The van der Waals surface area contributed by atoms with Crippen LogP contribution in [-0.4, -0.2) is 33.8 Å². The minimum Gasteiger partial charge on any atom is -0.478 e. The van der Waals surface area contributed by atoms with E-state index in [0.717, 1.165) is 5.56 Å². The molecule has 6 nitrogen and oxygen atoms in total. The van der Waals surface area contributed by atoms with E-state index in [1.807, 2.05) is 0 Å². The third kappa shape index (κ3) is 3.34. The third-order valence-corrected chi connectivity index (χ3v) is 4.37. The molecule has 0 fully saturated rings. The lowest BCUT2D eigenvalue weighted by Crippen LogP contribution is -2.42. The summed E-state index contributed by atoms with van der Waals surface area (Å²) in [6.07, 6.45) is 0. The van der Waals surface area contributed by atoms with Crippen LogP contribution in [-0.2, 0) is 11.3 Å². The average Bonchev–Trinajstić information content (AvgIpc) is 2.66. The van der Waals surface area contributed by atoms with Crippen LogP contribution in [0.15, 0.2) is 42.5 Å². The number of aromatic carboxylic acids is 1. The van der Waals surface area contributed by atoms with Crippen molar-refractivity contribution in [1.82, 2.24) is 4.90 Å². The summed E-state index contributed by atoms with van der Waals surface area (Å²) in [5.41, 5.74) is 1.65. The van der Waals surface area contributed by atoms with Gasteiger partial charge in [0.15, 0.2) is 0 Å². The van der Waals surface area contributed by atoms with Gasteiger partial charge in [-0.15, -0.1) is 0 Å². The Labute approximate surface area is 149 Å². The minimum absolute atomic E-state index is 0.164. The van der Waals surface area contributed by atoms with Crippen LogP contribution >= 0.6 is 11.6 Å². The average molecular weight is 359 g/mol. The van der Waals surface area contributed by atoms with E-state index >= 15 is 0 Å². The van der Waals surface area contributed by atoms with Gasteiger partial charge in [-0.2, -0.15) is 0 Å². The number of carbonyl (C=O) groups excluding carboxylic acids is 2. The quantitative estimate of drug-likeness (QED) is 0.883. The molecule has 1 atom stereocenters. The van der Waals surface area contributed by atoms with Crippen molar-refractivity contribution in [2.75, 3.05) is 5.32 Å². The molecular weight excluding hydrogens is 344 g/mol. The SMILES string of the molecule is C[C@@H]1C(=O)Nc2cc(Cl)ccc2C(=O)N1Cc1ccc(C(=O)O)cc1. The summed E-state index contributed by atoms with van der Waals surface area (Å²) in [5.74, 6) is -1.62. The number of amides is 2. The first-order valence-electron chi connectivity index (χ1n) is 7.60. The molecule has 2 aromatic rings. The molecule has 0 radical (unpaired) electrons. The van der Waals surface area contributed by atoms with Gasteiger partial charge in [0.05, 0.1) is 16.8 Å². The summed E-state index contributed by atoms with van der Waals surface area (Å²) in [7, 11) is 0. The van der Waals surface area contributed by atoms with Gasteiger partial charge in [-0.25, -0.2) is 4.79 Å². The van der Waals surface area contributed by atoms with Crippen LogP contribution in [0.5, 0.6) is 0 Å². The molecule has 25 heavy (non-hydrogen) atoms. The van der Waals surface area contributed by atoms with E-state index < -0.39 is 12.0 Å². The van der Waals surface area contributed by atoms with Gasteiger partial charge in [-0.1, -0.05) is 23.7 Å². The molecule has 3 rings (SSSR count). The largest absolute Gasteiger partial charge is 0.478 e. The minimum atomic E-state index is -1.02. The molecule has 0 spiro atoms. The maximum atomic E-state index is 12.9. The third-order valence-electron chi connectivity index (χ3n) is 4.13. The Kier molecular flexibility index (Phi) is 4.46. The summed E-state index contributed by atoms with van der Waals surface area (Å²) >= 11 is 5.94. The predicted octanol–water partition coefficient (Wildman–Crippen LogP) is 3.02. The highest BCUT2D eigenvalue weighted by atomic mass is 35.5. The lowest BCUT2D eigenvalue weighted by atomic mass is 10.1. The fraction of sp³-hybridized carbons (Fsp3) is 0.167. The molecule has 1 heterocycles. The number of nitrogens with one attached hydrogen (secondary N) is 1. The number of carboxylic acid groups (broad SMARTS) is 1. The van der Waals surface area contributed by atoms with Crippen LogP contribution in [0.25, 0.3) is 0 Å². The summed E-state index contributed by atoms with van der Waals surface area (Å²) < 4.78 is 0. The molecule has 1 aliphatic rings. The summed E-state index contributed by atoms with van der Waals surface area (Å²) in [4.78, 5) is 37.6. The monoisotopic (exact) mass is 358 g/mol. The van der Waals surface area contributed by atoms with Crippen molar-refractivity contribution < 1.29 is 19.5 Å². The van der Waals surface area contributed by atoms with Crippen LogP contribution in [0.2, 0.25) is 5.02 Å². The van der Waals surface area contributed by atoms with E-state index in [4.69, 9.17) is 16.7 Å². The number of nitrogens with zero attached hydrogens (tertiary/aromatic N) is 1. The fourth-order valence-corrected chi connectivity index (χ4v) is 2.85. The zero-order valence-electron chi connectivity index (χ0n) is 13.3. The first kappa shape index (κ1) is 17.0. The molecule has 7 heteroatoms. The Hall–Kier alpha value is -2.86. The molecule has 0 bridgehead atoms. The Balaban J connectivity index is 1.93. The molecule has 2 aromatic carbocycles. The van der Waals surface area contributed by atoms with Crippen molar-refractivity contribution in [2.45, 2.75) is 19.5 Å². The van der Waals surface area contributed by atoms with Crippen LogP contribution in [0.4, 0.5) is 5.69 Å².